The summed E-state index contributed by atoms with van der Waals surface area (Å²) in [5.74, 6) is 1.68. The third kappa shape index (κ3) is 3.54. The summed E-state index contributed by atoms with van der Waals surface area (Å²) in [6.45, 7) is 8.56. The normalized spacial score (nSPS) is 20.8. The summed E-state index contributed by atoms with van der Waals surface area (Å²) in [6.07, 6.45) is 3.08. The summed E-state index contributed by atoms with van der Waals surface area (Å²) in [6, 6.07) is 8.49. The van der Waals surface area contributed by atoms with Gasteiger partial charge in [-0.2, -0.15) is 0 Å². The van der Waals surface area contributed by atoms with E-state index < -0.39 is 0 Å². The second kappa shape index (κ2) is 7.23. The quantitative estimate of drug-likeness (QED) is 0.848. The minimum atomic E-state index is -0.0450. The molecule has 2 aliphatic heterocycles. The van der Waals surface area contributed by atoms with E-state index >= 15 is 0 Å². The van der Waals surface area contributed by atoms with Gasteiger partial charge in [-0.25, -0.2) is 4.98 Å². The molecule has 0 N–H and O–H groups in total. The van der Waals surface area contributed by atoms with Crippen molar-refractivity contribution >= 4 is 5.91 Å². The molecule has 0 spiro atoms. The Bertz CT molecular complexity index is 798. The van der Waals surface area contributed by atoms with Crippen LogP contribution >= 0.6 is 0 Å². The zero-order valence-corrected chi connectivity index (χ0v) is 15.7. The molecule has 1 saturated heterocycles. The number of piperidine rings is 1. The van der Waals surface area contributed by atoms with Crippen molar-refractivity contribution in [2.24, 2.45) is 5.92 Å². The van der Waals surface area contributed by atoms with Crippen molar-refractivity contribution in [2.45, 2.75) is 46.2 Å². The van der Waals surface area contributed by atoms with Crippen LogP contribution in [-0.4, -0.2) is 40.3 Å². The molecule has 0 saturated carbocycles. The van der Waals surface area contributed by atoms with Crippen LogP contribution in [0.15, 0.2) is 28.7 Å². The molecular formula is C21H27N3O2. The van der Waals surface area contributed by atoms with Crippen molar-refractivity contribution < 1.29 is 9.21 Å². The Hall–Kier alpha value is -2.14. The monoisotopic (exact) mass is 353 g/mol. The molecule has 138 valence electrons. The van der Waals surface area contributed by atoms with Crippen LogP contribution < -0.4 is 0 Å². The number of rotatable bonds is 3. The number of aryl methyl sites for hydroxylation is 1. The predicted molar refractivity (Wildman–Crippen MR) is 99.8 cm³/mol. The number of likely N-dealkylation sites (tertiary alicyclic amines) is 1. The van der Waals surface area contributed by atoms with Crippen LogP contribution in [0, 0.1) is 12.8 Å². The van der Waals surface area contributed by atoms with Crippen molar-refractivity contribution in [3.05, 3.63) is 52.7 Å². The molecule has 4 rings (SSSR count). The lowest BCUT2D eigenvalue weighted by molar-refractivity contribution is 0.0640. The van der Waals surface area contributed by atoms with Crippen LogP contribution in [0.4, 0.5) is 0 Å². The largest absolute Gasteiger partial charge is 0.437 e. The highest BCUT2D eigenvalue weighted by Crippen LogP contribution is 2.24. The second-order valence-electron chi connectivity index (χ2n) is 7.77. The third-order valence-electron chi connectivity index (χ3n) is 5.59. The summed E-state index contributed by atoms with van der Waals surface area (Å²) in [5.41, 5.74) is 3.59. The van der Waals surface area contributed by atoms with Gasteiger partial charge in [0.1, 0.15) is 5.76 Å². The molecule has 0 bridgehead atoms. The lowest BCUT2D eigenvalue weighted by Gasteiger charge is -2.29. The first-order valence-corrected chi connectivity index (χ1v) is 9.65. The zero-order valence-electron chi connectivity index (χ0n) is 15.7. The van der Waals surface area contributed by atoms with Gasteiger partial charge in [-0.05, 0) is 36.8 Å². The Labute approximate surface area is 155 Å². The van der Waals surface area contributed by atoms with E-state index in [-0.39, 0.29) is 11.8 Å². The second-order valence-corrected chi connectivity index (χ2v) is 7.77. The number of benzene rings is 1. The number of oxazole rings is 1. The molecule has 0 aliphatic carbocycles. The number of hydrogen-bond donors (Lipinski definition) is 0. The van der Waals surface area contributed by atoms with Crippen LogP contribution in [0.2, 0.25) is 0 Å². The van der Waals surface area contributed by atoms with Crippen molar-refractivity contribution in [2.75, 3.05) is 19.6 Å². The van der Waals surface area contributed by atoms with E-state index in [1.807, 2.05) is 4.90 Å². The minimum absolute atomic E-state index is 0.0450. The first-order chi connectivity index (χ1) is 12.6. The Balaban J connectivity index is 1.45. The average Bonchev–Trinajstić information content (AvgIpc) is 3.06. The number of fused-ring (bicyclic) bond motifs is 1. The van der Waals surface area contributed by atoms with E-state index in [4.69, 9.17) is 4.42 Å². The van der Waals surface area contributed by atoms with Crippen molar-refractivity contribution in [1.29, 1.82) is 0 Å². The molecule has 2 aromatic rings. The van der Waals surface area contributed by atoms with E-state index in [2.05, 4.69) is 48.0 Å². The molecule has 1 amide bonds. The van der Waals surface area contributed by atoms with Crippen LogP contribution in [0.25, 0.3) is 0 Å². The molecule has 1 atom stereocenters. The van der Waals surface area contributed by atoms with Gasteiger partial charge in [0.25, 0.3) is 5.89 Å². The van der Waals surface area contributed by atoms with Crippen LogP contribution in [0.5, 0.6) is 0 Å². The van der Waals surface area contributed by atoms with Gasteiger partial charge in [-0.1, -0.05) is 31.2 Å². The maximum atomic E-state index is 12.7. The van der Waals surface area contributed by atoms with Crippen molar-refractivity contribution in [1.82, 2.24) is 14.8 Å². The molecule has 5 nitrogen and oxygen atoms in total. The maximum Gasteiger partial charge on any atom is 0.309 e. The van der Waals surface area contributed by atoms with Gasteiger partial charge in [0.05, 0.1) is 5.69 Å². The molecule has 0 unspecified atom stereocenters. The average molecular weight is 353 g/mol. The molecule has 1 aromatic carbocycles. The van der Waals surface area contributed by atoms with Crippen LogP contribution in [0.3, 0.4) is 0 Å². The predicted octanol–water partition coefficient (Wildman–Crippen LogP) is 3.41. The fourth-order valence-electron chi connectivity index (χ4n) is 4.02. The van der Waals surface area contributed by atoms with Crippen molar-refractivity contribution in [3.63, 3.8) is 0 Å². The Morgan fingerprint density at radius 3 is 2.96 bits per heavy atom. The van der Waals surface area contributed by atoms with Gasteiger partial charge in [0.15, 0.2) is 0 Å². The number of carbonyl (C=O) groups is 1. The highest BCUT2D eigenvalue weighted by atomic mass is 16.4. The highest BCUT2D eigenvalue weighted by Gasteiger charge is 2.29. The van der Waals surface area contributed by atoms with E-state index in [0.717, 1.165) is 57.0 Å². The highest BCUT2D eigenvalue weighted by molar-refractivity contribution is 5.89. The number of hydrogen-bond acceptors (Lipinski definition) is 4. The van der Waals surface area contributed by atoms with Crippen LogP contribution in [0.1, 0.15) is 53.0 Å². The van der Waals surface area contributed by atoms with Gasteiger partial charge in [0.2, 0.25) is 0 Å². The van der Waals surface area contributed by atoms with Crippen LogP contribution in [-0.2, 0) is 19.5 Å². The Morgan fingerprint density at radius 1 is 1.31 bits per heavy atom. The first kappa shape index (κ1) is 17.3. The van der Waals surface area contributed by atoms with Gasteiger partial charge < -0.3 is 9.32 Å². The third-order valence-corrected chi connectivity index (χ3v) is 5.59. The van der Waals surface area contributed by atoms with E-state index in [9.17, 15) is 4.79 Å². The lowest BCUT2D eigenvalue weighted by atomic mass is 10.0. The van der Waals surface area contributed by atoms with E-state index in [1.54, 1.807) is 0 Å². The summed E-state index contributed by atoms with van der Waals surface area (Å²) < 4.78 is 5.85. The standard InChI is InChI=1S/C21H27N3O2/c1-15-6-5-10-24(12-15)21(25)20-22-18-14-23(11-9-19(18)26-20)13-17-8-4-3-7-16(17)2/h3-4,7-8,15H,5-6,9-14H2,1-2H3/t15-/m0/s1. The maximum absolute atomic E-state index is 12.7. The molecule has 5 heteroatoms. The van der Waals surface area contributed by atoms with Gasteiger partial charge in [-0.3, -0.25) is 9.69 Å². The Kier molecular flexibility index (Phi) is 4.81. The molecular weight excluding hydrogens is 326 g/mol. The summed E-state index contributed by atoms with van der Waals surface area (Å²) in [4.78, 5) is 21.6. The molecule has 3 heterocycles. The number of carbonyl (C=O) groups excluding carboxylic acids is 1. The van der Waals surface area contributed by atoms with E-state index in [0.29, 0.717) is 5.92 Å². The summed E-state index contributed by atoms with van der Waals surface area (Å²) in [5, 5.41) is 0. The minimum Gasteiger partial charge on any atom is -0.437 e. The topological polar surface area (TPSA) is 49.6 Å². The number of aromatic nitrogens is 1. The fraction of sp³-hybridized carbons (Fsp3) is 0.524. The van der Waals surface area contributed by atoms with Crippen molar-refractivity contribution in [3.8, 4) is 0 Å². The molecule has 0 radical (unpaired) electrons. The van der Waals surface area contributed by atoms with Gasteiger partial charge in [0, 0.05) is 39.1 Å². The number of amides is 1. The fourth-order valence-corrected chi connectivity index (χ4v) is 4.02. The SMILES string of the molecule is Cc1ccccc1CN1CCc2oc(C(=O)N3CCC[C@H](C)C3)nc2C1. The molecule has 2 aliphatic rings. The Morgan fingerprint density at radius 2 is 2.15 bits per heavy atom. The van der Waals surface area contributed by atoms with E-state index in [1.165, 1.54) is 17.5 Å². The molecule has 1 aromatic heterocycles. The molecule has 1 fully saturated rings. The number of nitrogens with zero attached hydrogens (tertiary/aromatic N) is 3. The van der Waals surface area contributed by atoms with Gasteiger partial charge in [-0.15, -0.1) is 0 Å². The first-order valence-electron chi connectivity index (χ1n) is 9.65. The summed E-state index contributed by atoms with van der Waals surface area (Å²) in [7, 11) is 0. The summed E-state index contributed by atoms with van der Waals surface area (Å²) >= 11 is 0. The molecule has 26 heavy (non-hydrogen) atoms. The van der Waals surface area contributed by atoms with Gasteiger partial charge >= 0.3 is 5.91 Å². The lowest BCUT2D eigenvalue weighted by Crippen LogP contribution is -2.39. The smallest absolute Gasteiger partial charge is 0.309 e. The zero-order chi connectivity index (χ0) is 18.1.